The molecule has 2 fully saturated rings. The van der Waals surface area contributed by atoms with Gasteiger partial charge in [-0.1, -0.05) is 12.1 Å². The Morgan fingerprint density at radius 3 is 1.94 bits per heavy atom. The minimum Gasteiger partial charge on any atom is -0.478 e. The highest BCUT2D eigenvalue weighted by Gasteiger charge is 2.26. The number of benzene rings is 1. The Morgan fingerprint density at radius 2 is 1.38 bits per heavy atom. The fourth-order valence-electron chi connectivity index (χ4n) is 7.23. The van der Waals surface area contributed by atoms with Crippen molar-refractivity contribution in [2.45, 2.75) is 84.5 Å². The second-order valence-corrected chi connectivity index (χ2v) is 17.1. The predicted octanol–water partition coefficient (Wildman–Crippen LogP) is 5.91. The second kappa shape index (κ2) is 21.3. The molecule has 71 heavy (non-hydrogen) atoms. The van der Waals surface area contributed by atoms with Crippen molar-refractivity contribution in [3.8, 4) is 45.3 Å². The molecule has 24 heteroatoms. The van der Waals surface area contributed by atoms with Crippen molar-refractivity contribution in [1.82, 2.24) is 74.9 Å². The van der Waals surface area contributed by atoms with Crippen molar-refractivity contribution in [2.75, 3.05) is 24.3 Å². The van der Waals surface area contributed by atoms with Gasteiger partial charge in [-0.25, -0.2) is 28.5 Å². The van der Waals surface area contributed by atoms with Gasteiger partial charge in [-0.3, -0.25) is 23.9 Å². The average Bonchev–Trinajstić information content (AvgIpc) is 4.09. The Labute approximate surface area is 404 Å². The first kappa shape index (κ1) is 48.8. The summed E-state index contributed by atoms with van der Waals surface area (Å²) >= 11 is 0. The highest BCUT2D eigenvalue weighted by Crippen LogP contribution is 2.37. The number of nitrogens with one attached hydrogen (secondary N) is 1. The fourth-order valence-corrected chi connectivity index (χ4v) is 7.23. The largest absolute Gasteiger partial charge is 0.478 e. The van der Waals surface area contributed by atoms with Crippen LogP contribution in [0.15, 0.2) is 85.6 Å². The Balaban J connectivity index is 0.000000153. The van der Waals surface area contributed by atoms with Crippen LogP contribution in [0.3, 0.4) is 0 Å². The molecule has 7 aromatic heterocycles. The van der Waals surface area contributed by atoms with Gasteiger partial charge in [0.15, 0.2) is 0 Å². The molecule has 0 radical (unpaired) electrons. The number of nitrogens with zero attached hydrogens (tertiary/aromatic N) is 15. The van der Waals surface area contributed by atoms with E-state index in [0.29, 0.717) is 57.9 Å². The maximum Gasteiger partial charge on any atom is 0.338 e. The number of carbonyl (C=O) groups excluding carboxylic acids is 2. The Bertz CT molecular complexity index is 3190. The van der Waals surface area contributed by atoms with Gasteiger partial charge in [0.25, 0.3) is 5.91 Å². The van der Waals surface area contributed by atoms with Gasteiger partial charge in [0, 0.05) is 36.6 Å². The minimum atomic E-state index is -1.26. The van der Waals surface area contributed by atoms with Gasteiger partial charge in [0.1, 0.15) is 41.1 Å². The van der Waals surface area contributed by atoms with Crippen molar-refractivity contribution in [3.05, 3.63) is 114 Å². The van der Waals surface area contributed by atoms with Crippen molar-refractivity contribution in [1.29, 1.82) is 0 Å². The number of tetrazole rings is 2. The maximum absolute atomic E-state index is 13.5. The quantitative estimate of drug-likeness (QED) is 0.0920. The van der Waals surface area contributed by atoms with Crippen LogP contribution in [0, 0.1) is 19.7 Å². The molecule has 0 bridgehead atoms. The van der Waals surface area contributed by atoms with E-state index < -0.39 is 11.8 Å². The summed E-state index contributed by atoms with van der Waals surface area (Å²) in [5.41, 5.74) is 11.7. The highest BCUT2D eigenvalue weighted by molar-refractivity contribution is 6.03. The van der Waals surface area contributed by atoms with Crippen LogP contribution in [0.25, 0.3) is 45.3 Å². The van der Waals surface area contributed by atoms with E-state index in [1.165, 1.54) is 23.7 Å². The van der Waals surface area contributed by atoms with E-state index in [1.54, 1.807) is 73.4 Å². The number of hydrogen-bond acceptors (Lipinski definition) is 17. The van der Waals surface area contributed by atoms with E-state index in [9.17, 15) is 23.9 Å². The first-order chi connectivity index (χ1) is 34.2. The number of nitrogens with two attached hydrogens (primary N) is 1. The van der Waals surface area contributed by atoms with Crippen LogP contribution in [0.5, 0.6) is 0 Å². The molecule has 2 aliphatic rings. The van der Waals surface area contributed by atoms with Crippen LogP contribution in [0.4, 0.5) is 16.0 Å². The van der Waals surface area contributed by atoms with Gasteiger partial charge in [0.2, 0.25) is 11.6 Å². The number of amides is 1. The van der Waals surface area contributed by atoms with Crippen LogP contribution < -0.4 is 11.1 Å². The number of aromatic nitrogens is 15. The monoisotopic (exact) mass is 967 g/mol. The molecule has 2 aliphatic carbocycles. The van der Waals surface area contributed by atoms with Gasteiger partial charge in [-0.2, -0.15) is 10.2 Å². The number of aryl methyl sites for hydroxylation is 2. The normalized spacial score (nSPS) is 13.8. The minimum absolute atomic E-state index is 0.116. The summed E-state index contributed by atoms with van der Waals surface area (Å²) in [5.74, 6) is -1.07. The summed E-state index contributed by atoms with van der Waals surface area (Å²) in [5, 5.41) is 52.9. The number of esters is 1. The molecule has 366 valence electrons. The molecule has 23 nitrogen and oxygen atoms in total. The van der Waals surface area contributed by atoms with E-state index in [-0.39, 0.29) is 48.4 Å². The average molecular weight is 968 g/mol. The molecular weight excluding hydrogens is 918 g/mol. The second-order valence-electron chi connectivity index (χ2n) is 17.1. The number of pyridine rings is 3. The molecule has 1 amide bonds. The van der Waals surface area contributed by atoms with Gasteiger partial charge in [0.05, 0.1) is 48.7 Å². The van der Waals surface area contributed by atoms with E-state index in [0.717, 1.165) is 47.9 Å². The Morgan fingerprint density at radius 1 is 0.803 bits per heavy atom. The summed E-state index contributed by atoms with van der Waals surface area (Å²) in [6.07, 6.45) is 13.7. The van der Waals surface area contributed by atoms with Crippen molar-refractivity contribution >= 4 is 29.5 Å². The molecule has 5 N–H and O–H groups in total. The first-order valence-electron chi connectivity index (χ1n) is 22.6. The summed E-state index contributed by atoms with van der Waals surface area (Å²) in [6.45, 7) is 8.78. The number of carbonyl (C=O) groups is 3. The number of hydrogen-bond donors (Lipinski definition) is 4. The van der Waals surface area contributed by atoms with Crippen molar-refractivity contribution < 1.29 is 33.7 Å². The summed E-state index contributed by atoms with van der Waals surface area (Å²) in [7, 11) is 0. The Hall–Kier alpha value is -8.67. The van der Waals surface area contributed by atoms with Crippen LogP contribution in [-0.2, 0) is 9.53 Å². The maximum atomic E-state index is 13.5. The molecule has 2 saturated carbocycles. The van der Waals surface area contributed by atoms with Crippen LogP contribution in [-0.4, -0.2) is 116 Å². The molecular formula is C47H50FN17O6. The van der Waals surface area contributed by atoms with Crippen molar-refractivity contribution in [3.63, 3.8) is 0 Å². The lowest BCUT2D eigenvalue weighted by Crippen LogP contribution is -2.17. The smallest absolute Gasteiger partial charge is 0.338 e. The zero-order valence-corrected chi connectivity index (χ0v) is 39.3. The molecule has 0 spiro atoms. The molecule has 0 saturated heterocycles. The molecule has 8 aromatic rings. The lowest BCUT2D eigenvalue weighted by atomic mass is 10.00. The van der Waals surface area contributed by atoms with Gasteiger partial charge in [-0.05, 0) is 139 Å². The van der Waals surface area contributed by atoms with E-state index >= 15 is 0 Å². The van der Waals surface area contributed by atoms with Crippen LogP contribution in [0.2, 0.25) is 0 Å². The Kier molecular flexibility index (Phi) is 14.6. The zero-order valence-electron chi connectivity index (χ0n) is 39.3. The molecule has 2 atom stereocenters. The summed E-state index contributed by atoms with van der Waals surface area (Å²) in [4.78, 5) is 47.7. The van der Waals surface area contributed by atoms with E-state index in [2.05, 4.69) is 61.5 Å². The topological polar surface area (TPSA) is 300 Å². The van der Waals surface area contributed by atoms with Crippen LogP contribution in [0.1, 0.15) is 103 Å². The number of aliphatic hydroxyl groups is 1. The van der Waals surface area contributed by atoms with Crippen LogP contribution >= 0.6 is 0 Å². The third-order valence-electron chi connectivity index (χ3n) is 11.4. The number of halogens is 1. The molecule has 0 aliphatic heterocycles. The lowest BCUT2D eigenvalue weighted by Gasteiger charge is -2.12. The third-order valence-corrected chi connectivity index (χ3v) is 11.4. The number of aliphatic hydroxyl groups excluding tert-OH is 1. The number of carboxylic acid groups (broad SMARTS) is 1. The number of ether oxygens (including phenoxy) is 1. The number of carboxylic acids is 1. The summed E-state index contributed by atoms with van der Waals surface area (Å²) in [6, 6.07) is 15.2. The predicted molar refractivity (Wildman–Crippen MR) is 254 cm³/mol. The molecule has 1 aromatic carbocycles. The SMILES string of the molecule is CC(=O)OC[C@@H](C)n1nnnc1-c1cccc(N)n1.Cc1cc(F)c(C(=O)O)cc1-c1cnn(C2CC2)c1.Cc1cnc(C(=O)Nc2cccc(-c3nnnn3[C@H](C)CO)n2)cc1-c1cnn(C2CC2)c1. The number of anilines is 2. The number of aromatic carboxylic acids is 1. The van der Waals surface area contributed by atoms with Crippen molar-refractivity contribution in [2.24, 2.45) is 0 Å². The van der Waals surface area contributed by atoms with E-state index in [4.69, 9.17) is 15.6 Å². The highest BCUT2D eigenvalue weighted by atomic mass is 19.1. The van der Waals surface area contributed by atoms with Gasteiger partial charge >= 0.3 is 11.9 Å². The molecule has 10 rings (SSSR count). The third kappa shape index (κ3) is 11.8. The zero-order chi connectivity index (χ0) is 50.3. The standard InChI is InChI=1S/C22H23N9O2.C14H13FN2O2.C11H14N6O2/c1-13-9-23-19(8-17(13)15-10-24-30(11-15)16-6-7-16)22(33)26-20-5-3-4-18(25-20)21-27-28-29-31(21)14(2)12-32;1-8-4-13(15)12(14(18)19)5-11(8)9-6-16-17(7-9)10-2-3-10;1-7(6-19-8(2)18)17-11(14-15-16-17)9-4-3-5-10(12)13-9/h3-5,8-11,14,16,32H,6-7,12H2,1-2H3,(H,25,26,33);4-7,10H,2-3H2,1H3,(H,18,19);3-5,7H,6H2,1-2H3,(H2,12,13)/t14-;;7-/m1.1/s1. The molecule has 7 heterocycles. The number of nitrogen functional groups attached to an aromatic ring is 1. The van der Waals surface area contributed by atoms with E-state index in [1.807, 2.05) is 41.8 Å². The summed E-state index contributed by atoms with van der Waals surface area (Å²) < 4.78 is 25.4. The number of rotatable bonds is 14. The fraction of sp³-hybridized carbons (Fsp3) is 0.319. The lowest BCUT2D eigenvalue weighted by molar-refractivity contribution is -0.142. The van der Waals surface area contributed by atoms with Gasteiger partial charge in [-0.15, -0.1) is 10.2 Å². The molecule has 0 unspecified atom stereocenters. The van der Waals surface area contributed by atoms with Gasteiger partial charge < -0.3 is 26.0 Å². The first-order valence-corrected chi connectivity index (χ1v) is 22.6.